The van der Waals surface area contributed by atoms with E-state index in [4.69, 9.17) is 4.74 Å². The molecular weight excluding hydrogens is 1040 g/mol. The minimum absolute atomic E-state index is 0.0165. The molecular formula is C79H153NO5. The van der Waals surface area contributed by atoms with Crippen molar-refractivity contribution >= 4 is 11.9 Å². The van der Waals surface area contributed by atoms with Gasteiger partial charge in [-0.3, -0.25) is 9.59 Å². The van der Waals surface area contributed by atoms with Gasteiger partial charge in [-0.1, -0.05) is 398 Å². The van der Waals surface area contributed by atoms with Gasteiger partial charge in [-0.05, 0) is 57.8 Å². The molecule has 6 heteroatoms. The largest absolute Gasteiger partial charge is 0.466 e. The average molecular weight is 1200 g/mol. The van der Waals surface area contributed by atoms with Crippen molar-refractivity contribution in [2.45, 2.75) is 456 Å². The number of unbranched alkanes of at least 4 members (excludes halogenated alkanes) is 59. The van der Waals surface area contributed by atoms with Gasteiger partial charge in [0.15, 0.2) is 0 Å². The highest BCUT2D eigenvalue weighted by atomic mass is 16.5. The van der Waals surface area contributed by atoms with E-state index in [1.807, 2.05) is 0 Å². The number of hydrogen-bond acceptors (Lipinski definition) is 5. The monoisotopic (exact) mass is 1200 g/mol. The van der Waals surface area contributed by atoms with Gasteiger partial charge in [-0.15, -0.1) is 0 Å². The van der Waals surface area contributed by atoms with E-state index in [9.17, 15) is 19.8 Å². The second kappa shape index (κ2) is 74.8. The predicted molar refractivity (Wildman–Crippen MR) is 375 cm³/mol. The molecule has 0 spiro atoms. The third-order valence-corrected chi connectivity index (χ3v) is 18.5. The lowest BCUT2D eigenvalue weighted by molar-refractivity contribution is -0.143. The maximum Gasteiger partial charge on any atom is 0.305 e. The van der Waals surface area contributed by atoms with Gasteiger partial charge >= 0.3 is 5.97 Å². The number of amides is 1. The Bertz CT molecular complexity index is 1330. The van der Waals surface area contributed by atoms with Crippen molar-refractivity contribution in [2.75, 3.05) is 13.2 Å². The van der Waals surface area contributed by atoms with Gasteiger partial charge in [-0.2, -0.15) is 0 Å². The molecule has 2 unspecified atom stereocenters. The van der Waals surface area contributed by atoms with E-state index in [2.05, 4.69) is 43.5 Å². The Morgan fingerprint density at radius 2 is 0.588 bits per heavy atom. The lowest BCUT2D eigenvalue weighted by Crippen LogP contribution is -2.45. The zero-order chi connectivity index (χ0) is 61.3. The van der Waals surface area contributed by atoms with Crippen LogP contribution < -0.4 is 5.32 Å². The number of ether oxygens (including phenoxy) is 1. The normalized spacial score (nSPS) is 12.6. The van der Waals surface area contributed by atoms with Gasteiger partial charge in [0, 0.05) is 12.8 Å². The Kier molecular flexibility index (Phi) is 73.3. The highest BCUT2D eigenvalue weighted by molar-refractivity contribution is 5.76. The number of aliphatic hydroxyl groups is 2. The number of carbonyl (C=O) groups is 2. The van der Waals surface area contributed by atoms with Crippen LogP contribution in [-0.4, -0.2) is 47.4 Å². The quantitative estimate of drug-likeness (QED) is 0.0320. The summed E-state index contributed by atoms with van der Waals surface area (Å²) >= 11 is 0. The summed E-state index contributed by atoms with van der Waals surface area (Å²) in [5, 5.41) is 23.5. The van der Waals surface area contributed by atoms with Crippen molar-refractivity contribution in [3.63, 3.8) is 0 Å². The predicted octanol–water partition coefficient (Wildman–Crippen LogP) is 25.7. The van der Waals surface area contributed by atoms with Crippen molar-refractivity contribution in [3.05, 3.63) is 24.3 Å². The molecule has 0 radical (unpaired) electrons. The van der Waals surface area contributed by atoms with Crippen LogP contribution in [0.5, 0.6) is 0 Å². The number of hydrogen-bond donors (Lipinski definition) is 3. The molecule has 0 bridgehead atoms. The molecule has 0 aromatic rings. The molecule has 3 N–H and O–H groups in total. The van der Waals surface area contributed by atoms with Crippen LogP contribution >= 0.6 is 0 Å². The lowest BCUT2D eigenvalue weighted by Gasteiger charge is -2.22. The number of nitrogens with one attached hydrogen (secondary N) is 1. The molecule has 0 fully saturated rings. The van der Waals surface area contributed by atoms with Crippen LogP contribution in [0.4, 0.5) is 0 Å². The van der Waals surface area contributed by atoms with E-state index in [0.717, 1.165) is 44.9 Å². The second-order valence-corrected chi connectivity index (χ2v) is 27.0. The smallest absolute Gasteiger partial charge is 0.305 e. The highest BCUT2D eigenvalue weighted by Crippen LogP contribution is 2.20. The Morgan fingerprint density at radius 1 is 0.329 bits per heavy atom. The molecule has 1 amide bonds. The fraction of sp³-hybridized carbons (Fsp3) is 0.924. The lowest BCUT2D eigenvalue weighted by atomic mass is 10.0. The molecule has 0 aliphatic rings. The average Bonchev–Trinajstić information content (AvgIpc) is 3.51. The van der Waals surface area contributed by atoms with Crippen molar-refractivity contribution in [1.82, 2.24) is 5.32 Å². The Balaban J connectivity index is 3.38. The SMILES string of the molecule is CCCCCCCCCCCCCCCCCCCCCCCCCC(O)C(CO)NC(=O)CCCCCCCCCCCCCCCCC/C=C\C/C=C\CCCCCCCCCCCOC(=O)CCCCCCCCCCCCCCCC. The van der Waals surface area contributed by atoms with E-state index >= 15 is 0 Å². The number of allylic oxidation sites excluding steroid dienone is 4. The van der Waals surface area contributed by atoms with Crippen LogP contribution in [0.1, 0.15) is 444 Å². The molecule has 0 saturated heterocycles. The molecule has 0 aliphatic carbocycles. The van der Waals surface area contributed by atoms with E-state index < -0.39 is 12.1 Å². The maximum absolute atomic E-state index is 12.6. The summed E-state index contributed by atoms with van der Waals surface area (Å²) in [5.41, 5.74) is 0. The highest BCUT2D eigenvalue weighted by Gasteiger charge is 2.20. The van der Waals surface area contributed by atoms with Crippen LogP contribution in [0, 0.1) is 0 Å². The Hall–Kier alpha value is -1.66. The van der Waals surface area contributed by atoms with Gasteiger partial charge in [0.05, 0.1) is 25.4 Å². The first-order chi connectivity index (χ1) is 42.0. The van der Waals surface area contributed by atoms with Gasteiger partial charge < -0.3 is 20.3 Å². The molecule has 0 rings (SSSR count). The van der Waals surface area contributed by atoms with Crippen LogP contribution in [0.3, 0.4) is 0 Å². The third kappa shape index (κ3) is 71.3. The van der Waals surface area contributed by atoms with Crippen molar-refractivity contribution in [3.8, 4) is 0 Å². The van der Waals surface area contributed by atoms with Crippen LogP contribution in [0.15, 0.2) is 24.3 Å². The molecule has 0 aromatic heterocycles. The fourth-order valence-corrected chi connectivity index (χ4v) is 12.6. The number of rotatable bonds is 74. The van der Waals surface area contributed by atoms with E-state index in [-0.39, 0.29) is 18.5 Å². The summed E-state index contributed by atoms with van der Waals surface area (Å²) in [4.78, 5) is 24.6. The summed E-state index contributed by atoms with van der Waals surface area (Å²) in [6, 6.07) is -0.542. The van der Waals surface area contributed by atoms with Crippen LogP contribution in [-0.2, 0) is 14.3 Å². The van der Waals surface area contributed by atoms with Crippen molar-refractivity contribution in [1.29, 1.82) is 0 Å². The standard InChI is InChI=1S/C79H153NO5/c1-3-5-7-9-11-13-15-17-19-20-21-22-32-35-38-41-44-47-51-55-59-63-67-71-77(82)76(75-81)80-78(83)72-68-64-60-56-52-48-45-42-39-36-33-30-28-26-24-23-25-27-29-31-34-37-40-43-46-50-54-58-62-66-70-74-85-79(84)73-69-65-61-57-53-49-18-16-14-12-10-8-6-4-2/h25,27,31,34,76-77,81-82H,3-24,26,28-30,32-33,35-75H2,1-2H3,(H,80,83)/b27-25-,34-31-. The van der Waals surface area contributed by atoms with Crippen molar-refractivity contribution < 1.29 is 24.5 Å². The number of esters is 1. The molecule has 0 aliphatic heterocycles. The first kappa shape index (κ1) is 83.3. The van der Waals surface area contributed by atoms with Gasteiger partial charge in [0.2, 0.25) is 5.91 Å². The van der Waals surface area contributed by atoms with E-state index in [1.54, 1.807) is 0 Å². The van der Waals surface area contributed by atoms with Crippen LogP contribution in [0.2, 0.25) is 0 Å². The zero-order valence-corrected chi connectivity index (χ0v) is 57.9. The summed E-state index contributed by atoms with van der Waals surface area (Å²) in [6.45, 7) is 5.00. The van der Waals surface area contributed by atoms with E-state index in [1.165, 1.54) is 366 Å². The summed E-state index contributed by atoms with van der Waals surface area (Å²) in [7, 11) is 0. The molecule has 0 heterocycles. The fourth-order valence-electron chi connectivity index (χ4n) is 12.6. The van der Waals surface area contributed by atoms with Gasteiger partial charge in [-0.25, -0.2) is 0 Å². The summed E-state index contributed by atoms with van der Waals surface area (Å²) in [5.74, 6) is -0.0124. The number of carbonyl (C=O) groups excluding carboxylic acids is 2. The van der Waals surface area contributed by atoms with Crippen LogP contribution in [0.25, 0.3) is 0 Å². The number of aliphatic hydroxyl groups excluding tert-OH is 2. The maximum atomic E-state index is 12.6. The molecule has 504 valence electrons. The Morgan fingerprint density at radius 3 is 0.894 bits per heavy atom. The third-order valence-electron chi connectivity index (χ3n) is 18.5. The second-order valence-electron chi connectivity index (χ2n) is 27.0. The molecule has 2 atom stereocenters. The van der Waals surface area contributed by atoms with E-state index in [0.29, 0.717) is 25.9 Å². The first-order valence-electron chi connectivity index (χ1n) is 39.1. The molecule has 6 nitrogen and oxygen atoms in total. The van der Waals surface area contributed by atoms with Gasteiger partial charge in [0.1, 0.15) is 0 Å². The minimum Gasteiger partial charge on any atom is -0.466 e. The summed E-state index contributed by atoms with van der Waals surface area (Å²) < 4.78 is 5.49. The molecule has 85 heavy (non-hydrogen) atoms. The van der Waals surface area contributed by atoms with Crippen molar-refractivity contribution in [2.24, 2.45) is 0 Å². The molecule has 0 aromatic carbocycles. The zero-order valence-electron chi connectivity index (χ0n) is 57.9. The summed E-state index contributed by atoms with van der Waals surface area (Å²) in [6.07, 6.45) is 95.5. The van der Waals surface area contributed by atoms with Gasteiger partial charge in [0.25, 0.3) is 0 Å². The topological polar surface area (TPSA) is 95.9 Å². The molecule has 0 saturated carbocycles. The first-order valence-corrected chi connectivity index (χ1v) is 39.1. The Labute approximate surface area is 532 Å². The minimum atomic E-state index is -0.665.